The Bertz CT molecular complexity index is 1060. The van der Waals surface area contributed by atoms with Crippen molar-refractivity contribution >= 4 is 5.82 Å². The van der Waals surface area contributed by atoms with E-state index in [2.05, 4.69) is 36.5 Å². The van der Waals surface area contributed by atoms with E-state index in [-0.39, 0.29) is 5.82 Å². The Balaban J connectivity index is 1.69. The van der Waals surface area contributed by atoms with Crippen molar-refractivity contribution in [3.63, 3.8) is 0 Å². The first kappa shape index (κ1) is 17.1. The predicted octanol–water partition coefficient (Wildman–Crippen LogP) is 4.94. The molecule has 5 heteroatoms. The third-order valence-electron chi connectivity index (χ3n) is 4.48. The fourth-order valence-electron chi connectivity index (χ4n) is 3.01. The maximum absolute atomic E-state index is 13.7. The van der Waals surface area contributed by atoms with Gasteiger partial charge in [0.2, 0.25) is 0 Å². The second kappa shape index (κ2) is 7.11. The second-order valence-electron chi connectivity index (χ2n) is 6.71. The summed E-state index contributed by atoms with van der Waals surface area (Å²) in [6.07, 6.45) is 4.00. The van der Waals surface area contributed by atoms with Gasteiger partial charge in [0, 0.05) is 37.6 Å². The van der Waals surface area contributed by atoms with Gasteiger partial charge in [-0.15, -0.1) is 0 Å². The molecule has 0 aliphatic carbocycles. The second-order valence-corrected chi connectivity index (χ2v) is 6.71. The van der Waals surface area contributed by atoms with Gasteiger partial charge >= 0.3 is 0 Å². The van der Waals surface area contributed by atoms with Crippen molar-refractivity contribution < 1.29 is 4.39 Å². The van der Waals surface area contributed by atoms with Crippen LogP contribution in [0.4, 0.5) is 10.2 Å². The molecule has 136 valence electrons. The van der Waals surface area contributed by atoms with Gasteiger partial charge in [-0.2, -0.15) is 5.10 Å². The van der Waals surface area contributed by atoms with Gasteiger partial charge in [0.25, 0.3) is 0 Å². The smallest absolute Gasteiger partial charge is 0.130 e. The Morgan fingerprint density at radius 1 is 1.04 bits per heavy atom. The molecule has 1 N–H and O–H groups in total. The fourth-order valence-corrected chi connectivity index (χ4v) is 3.01. The molecule has 0 aliphatic heterocycles. The Hall–Kier alpha value is -3.34. The van der Waals surface area contributed by atoms with E-state index in [1.807, 2.05) is 42.2 Å². The van der Waals surface area contributed by atoms with E-state index in [0.717, 1.165) is 17.1 Å². The standard InChI is InChI=1S/C22H21FN4/c1-16-6-8-17(9-7-16)14-24-22-13-21(18-10-11-26(2)15-18)25-27(22)20-5-3-4-19(23)12-20/h3-13,15,24H,14H2,1-2H3. The largest absolute Gasteiger partial charge is 0.366 e. The minimum atomic E-state index is -0.284. The van der Waals surface area contributed by atoms with E-state index < -0.39 is 0 Å². The van der Waals surface area contributed by atoms with Gasteiger partial charge in [-0.3, -0.25) is 0 Å². The highest BCUT2D eigenvalue weighted by molar-refractivity contribution is 5.64. The van der Waals surface area contributed by atoms with Crippen LogP contribution in [0.25, 0.3) is 16.9 Å². The number of anilines is 1. The molecule has 0 saturated carbocycles. The van der Waals surface area contributed by atoms with Gasteiger partial charge in [0.15, 0.2) is 0 Å². The average molecular weight is 360 g/mol. The zero-order chi connectivity index (χ0) is 18.8. The SMILES string of the molecule is Cc1ccc(CNc2cc(-c3ccn(C)c3)nn2-c2cccc(F)c2)cc1. The molecule has 4 rings (SSSR count). The molecule has 0 aliphatic rings. The summed E-state index contributed by atoms with van der Waals surface area (Å²) in [5.74, 6) is 0.536. The molecule has 0 amide bonds. The van der Waals surface area contributed by atoms with E-state index >= 15 is 0 Å². The van der Waals surface area contributed by atoms with Crippen LogP contribution in [-0.4, -0.2) is 14.3 Å². The summed E-state index contributed by atoms with van der Waals surface area (Å²) in [4.78, 5) is 0. The number of aromatic nitrogens is 3. The third-order valence-corrected chi connectivity index (χ3v) is 4.48. The summed E-state index contributed by atoms with van der Waals surface area (Å²) in [6.45, 7) is 2.73. The number of nitrogens with one attached hydrogen (secondary N) is 1. The molecule has 0 spiro atoms. The van der Waals surface area contributed by atoms with Crippen molar-refractivity contribution in [3.8, 4) is 16.9 Å². The van der Waals surface area contributed by atoms with Crippen molar-refractivity contribution in [3.05, 3.63) is 90.0 Å². The Morgan fingerprint density at radius 3 is 2.56 bits per heavy atom. The van der Waals surface area contributed by atoms with Gasteiger partial charge in [-0.25, -0.2) is 9.07 Å². The highest BCUT2D eigenvalue weighted by Crippen LogP contribution is 2.25. The molecular weight excluding hydrogens is 339 g/mol. The van der Waals surface area contributed by atoms with Crippen molar-refractivity contribution in [2.75, 3.05) is 5.32 Å². The molecule has 0 atom stereocenters. The van der Waals surface area contributed by atoms with Gasteiger partial charge in [0.05, 0.1) is 11.4 Å². The number of benzene rings is 2. The molecule has 2 aromatic heterocycles. The van der Waals surface area contributed by atoms with Gasteiger partial charge < -0.3 is 9.88 Å². The van der Waals surface area contributed by atoms with E-state index in [1.54, 1.807) is 10.7 Å². The van der Waals surface area contributed by atoms with Crippen LogP contribution in [0.1, 0.15) is 11.1 Å². The molecule has 4 aromatic rings. The maximum Gasteiger partial charge on any atom is 0.130 e. The van der Waals surface area contributed by atoms with Crippen LogP contribution in [0.15, 0.2) is 73.1 Å². The maximum atomic E-state index is 13.7. The lowest BCUT2D eigenvalue weighted by Gasteiger charge is -2.10. The molecule has 2 heterocycles. The number of rotatable bonds is 5. The number of nitrogens with zero attached hydrogens (tertiary/aromatic N) is 3. The van der Waals surface area contributed by atoms with Crippen molar-refractivity contribution in [1.29, 1.82) is 0 Å². The first-order chi connectivity index (χ1) is 13.1. The molecule has 0 saturated heterocycles. The van der Waals surface area contributed by atoms with E-state index in [1.165, 1.54) is 23.3 Å². The highest BCUT2D eigenvalue weighted by atomic mass is 19.1. The van der Waals surface area contributed by atoms with Crippen molar-refractivity contribution in [2.45, 2.75) is 13.5 Å². The number of aryl methyl sites for hydroxylation is 2. The van der Waals surface area contributed by atoms with Gasteiger partial charge in [-0.05, 0) is 36.8 Å². The Kier molecular flexibility index (Phi) is 4.50. The van der Waals surface area contributed by atoms with E-state index in [0.29, 0.717) is 12.2 Å². The minimum absolute atomic E-state index is 0.284. The van der Waals surface area contributed by atoms with Crippen molar-refractivity contribution in [2.24, 2.45) is 7.05 Å². The number of hydrogen-bond donors (Lipinski definition) is 1. The zero-order valence-electron chi connectivity index (χ0n) is 15.4. The summed E-state index contributed by atoms with van der Waals surface area (Å²) in [7, 11) is 1.98. The quantitative estimate of drug-likeness (QED) is 0.547. The average Bonchev–Trinajstić information content (AvgIpc) is 3.27. The molecule has 0 unspecified atom stereocenters. The zero-order valence-corrected chi connectivity index (χ0v) is 15.4. The third kappa shape index (κ3) is 3.77. The first-order valence-electron chi connectivity index (χ1n) is 8.86. The van der Waals surface area contributed by atoms with Crippen LogP contribution in [0.2, 0.25) is 0 Å². The number of halogens is 1. The monoisotopic (exact) mass is 360 g/mol. The molecule has 27 heavy (non-hydrogen) atoms. The molecule has 4 nitrogen and oxygen atoms in total. The Labute approximate surface area is 157 Å². The topological polar surface area (TPSA) is 34.8 Å². The predicted molar refractivity (Wildman–Crippen MR) is 106 cm³/mol. The molecule has 0 fully saturated rings. The normalized spacial score (nSPS) is 10.9. The fraction of sp³-hybridized carbons (Fsp3) is 0.136. The van der Waals surface area contributed by atoms with Crippen LogP contribution < -0.4 is 5.32 Å². The van der Waals surface area contributed by atoms with Crippen LogP contribution in [0.5, 0.6) is 0 Å². The molecular formula is C22H21FN4. The van der Waals surface area contributed by atoms with Gasteiger partial charge in [-0.1, -0.05) is 35.9 Å². The Morgan fingerprint density at radius 2 is 1.85 bits per heavy atom. The van der Waals surface area contributed by atoms with Gasteiger partial charge in [0.1, 0.15) is 11.6 Å². The summed E-state index contributed by atoms with van der Waals surface area (Å²) in [5, 5.41) is 8.14. The first-order valence-corrected chi connectivity index (χ1v) is 8.86. The highest BCUT2D eigenvalue weighted by Gasteiger charge is 2.12. The van der Waals surface area contributed by atoms with Crippen molar-refractivity contribution in [1.82, 2.24) is 14.3 Å². The van der Waals surface area contributed by atoms with Crippen LogP contribution >= 0.6 is 0 Å². The molecule has 0 radical (unpaired) electrons. The van der Waals surface area contributed by atoms with Crippen LogP contribution in [-0.2, 0) is 13.6 Å². The summed E-state index contributed by atoms with van der Waals surface area (Å²) >= 11 is 0. The van der Waals surface area contributed by atoms with Crippen LogP contribution in [0, 0.1) is 12.7 Å². The summed E-state index contributed by atoms with van der Waals surface area (Å²) < 4.78 is 17.5. The number of hydrogen-bond acceptors (Lipinski definition) is 2. The van der Waals surface area contributed by atoms with E-state index in [4.69, 9.17) is 5.10 Å². The lowest BCUT2D eigenvalue weighted by Crippen LogP contribution is -2.06. The summed E-state index contributed by atoms with van der Waals surface area (Å²) in [6, 6.07) is 18.9. The van der Waals surface area contributed by atoms with E-state index in [9.17, 15) is 4.39 Å². The molecule has 2 aromatic carbocycles. The minimum Gasteiger partial charge on any atom is -0.366 e. The van der Waals surface area contributed by atoms with Crippen LogP contribution in [0.3, 0.4) is 0 Å². The lowest BCUT2D eigenvalue weighted by atomic mass is 10.1. The summed E-state index contributed by atoms with van der Waals surface area (Å²) in [5.41, 5.74) is 4.95. The lowest BCUT2D eigenvalue weighted by molar-refractivity contribution is 0.625. The molecule has 0 bridgehead atoms.